The number of halogens is 1. The van der Waals surface area contributed by atoms with Crippen LogP contribution in [0.1, 0.15) is 5.56 Å². The van der Waals surface area contributed by atoms with Gasteiger partial charge in [-0.05, 0) is 29.8 Å². The molecule has 0 N–H and O–H groups in total. The molecule has 0 aliphatic heterocycles. The van der Waals surface area contributed by atoms with Gasteiger partial charge in [0.1, 0.15) is 6.61 Å². The molecule has 3 rings (SSSR count). The van der Waals surface area contributed by atoms with Gasteiger partial charge in [-0.1, -0.05) is 28.9 Å². The summed E-state index contributed by atoms with van der Waals surface area (Å²) in [6.07, 6.45) is 3.50. The van der Waals surface area contributed by atoms with Gasteiger partial charge in [0.25, 0.3) is 0 Å². The first-order valence-corrected chi connectivity index (χ1v) is 6.31. The summed E-state index contributed by atoms with van der Waals surface area (Å²) in [6, 6.07) is 11.0. The fourth-order valence-corrected chi connectivity index (χ4v) is 1.86. The van der Waals surface area contributed by atoms with E-state index < -0.39 is 0 Å². The molecule has 1 aromatic carbocycles. The SMILES string of the molecule is Clc1ccccc1-c1noc(OCc2ccncc2)n1. The van der Waals surface area contributed by atoms with Crippen LogP contribution in [0.5, 0.6) is 6.08 Å². The van der Waals surface area contributed by atoms with Crippen LogP contribution >= 0.6 is 11.6 Å². The van der Waals surface area contributed by atoms with Crippen molar-refractivity contribution in [2.45, 2.75) is 6.61 Å². The highest BCUT2D eigenvalue weighted by molar-refractivity contribution is 6.33. The summed E-state index contributed by atoms with van der Waals surface area (Å²) < 4.78 is 10.5. The fourth-order valence-electron chi connectivity index (χ4n) is 1.64. The van der Waals surface area contributed by atoms with Crippen LogP contribution in [0.4, 0.5) is 0 Å². The Morgan fingerprint density at radius 1 is 1.10 bits per heavy atom. The summed E-state index contributed by atoms with van der Waals surface area (Å²) in [5, 5.41) is 4.42. The van der Waals surface area contributed by atoms with Gasteiger partial charge in [-0.25, -0.2) is 0 Å². The summed E-state index contributed by atoms with van der Waals surface area (Å²) in [6.45, 7) is 0.340. The summed E-state index contributed by atoms with van der Waals surface area (Å²) in [5.74, 6) is 0.403. The third kappa shape index (κ3) is 2.78. The Hall–Kier alpha value is -2.40. The third-order valence-corrected chi connectivity index (χ3v) is 2.96. The Bertz CT molecular complexity index is 700. The monoisotopic (exact) mass is 287 g/mol. The van der Waals surface area contributed by atoms with E-state index in [1.54, 1.807) is 18.5 Å². The Kier molecular flexibility index (Phi) is 3.60. The van der Waals surface area contributed by atoms with Crippen LogP contribution in [-0.4, -0.2) is 15.1 Å². The lowest BCUT2D eigenvalue weighted by Crippen LogP contribution is -1.95. The van der Waals surface area contributed by atoms with Crippen molar-refractivity contribution < 1.29 is 9.26 Å². The van der Waals surface area contributed by atoms with Gasteiger partial charge in [-0.3, -0.25) is 9.51 Å². The van der Waals surface area contributed by atoms with Crippen LogP contribution in [0, 0.1) is 0 Å². The zero-order valence-corrected chi connectivity index (χ0v) is 11.1. The van der Waals surface area contributed by atoms with Gasteiger partial charge in [0.15, 0.2) is 0 Å². The number of rotatable bonds is 4. The lowest BCUT2D eigenvalue weighted by Gasteiger charge is -1.99. The van der Waals surface area contributed by atoms with Crippen molar-refractivity contribution in [3.8, 4) is 17.5 Å². The molecule has 20 heavy (non-hydrogen) atoms. The number of benzene rings is 1. The molecule has 0 aliphatic rings. The number of hydrogen-bond donors (Lipinski definition) is 0. The van der Waals surface area contributed by atoms with Crippen LogP contribution in [0.3, 0.4) is 0 Å². The van der Waals surface area contributed by atoms with Crippen molar-refractivity contribution in [3.63, 3.8) is 0 Å². The van der Waals surface area contributed by atoms with Crippen LogP contribution in [0.15, 0.2) is 53.3 Å². The second-order valence-corrected chi connectivity index (χ2v) is 4.42. The zero-order valence-electron chi connectivity index (χ0n) is 10.4. The van der Waals surface area contributed by atoms with E-state index in [1.807, 2.05) is 30.3 Å². The molecule has 0 amide bonds. The largest absolute Gasteiger partial charge is 0.444 e. The molecule has 6 heteroatoms. The molecule has 0 spiro atoms. The first-order chi connectivity index (χ1) is 9.83. The van der Waals surface area contributed by atoms with Crippen molar-refractivity contribution in [2.24, 2.45) is 0 Å². The van der Waals surface area contributed by atoms with Crippen molar-refractivity contribution in [3.05, 3.63) is 59.4 Å². The molecule has 0 aliphatic carbocycles. The molecule has 0 radical (unpaired) electrons. The minimum Gasteiger partial charge on any atom is -0.444 e. The van der Waals surface area contributed by atoms with Crippen LogP contribution < -0.4 is 4.74 Å². The van der Waals surface area contributed by atoms with E-state index >= 15 is 0 Å². The number of hydrogen-bond acceptors (Lipinski definition) is 5. The van der Waals surface area contributed by atoms with Gasteiger partial charge in [0.05, 0.1) is 5.02 Å². The maximum atomic E-state index is 6.07. The minimum absolute atomic E-state index is 0.108. The van der Waals surface area contributed by atoms with Crippen LogP contribution in [0.2, 0.25) is 5.02 Å². The van der Waals surface area contributed by atoms with Gasteiger partial charge in [-0.15, -0.1) is 0 Å². The predicted octanol–water partition coefficient (Wildman–Crippen LogP) is 3.36. The van der Waals surface area contributed by atoms with Crippen molar-refractivity contribution in [1.29, 1.82) is 0 Å². The Morgan fingerprint density at radius 2 is 1.90 bits per heavy atom. The van der Waals surface area contributed by atoms with Crippen molar-refractivity contribution >= 4 is 11.6 Å². The smallest absolute Gasteiger partial charge is 0.417 e. The van der Waals surface area contributed by atoms with E-state index in [2.05, 4.69) is 15.1 Å². The normalized spacial score (nSPS) is 10.4. The van der Waals surface area contributed by atoms with E-state index in [4.69, 9.17) is 20.9 Å². The Balaban J connectivity index is 1.73. The molecular weight excluding hydrogens is 278 g/mol. The Morgan fingerprint density at radius 3 is 2.70 bits per heavy atom. The molecule has 0 fully saturated rings. The Labute approximate surface area is 120 Å². The summed E-state index contributed by atoms with van der Waals surface area (Å²) >= 11 is 6.07. The molecule has 0 unspecified atom stereocenters. The minimum atomic E-state index is 0.108. The van der Waals surface area contributed by atoms with Crippen LogP contribution in [0.25, 0.3) is 11.4 Å². The highest BCUT2D eigenvalue weighted by Crippen LogP contribution is 2.26. The molecule has 2 aromatic heterocycles. The topological polar surface area (TPSA) is 61.0 Å². The van der Waals surface area contributed by atoms with Gasteiger partial charge >= 0.3 is 6.08 Å². The number of pyridine rings is 1. The maximum absolute atomic E-state index is 6.07. The second-order valence-electron chi connectivity index (χ2n) is 4.01. The quantitative estimate of drug-likeness (QED) is 0.736. The average Bonchev–Trinajstić information content (AvgIpc) is 2.95. The molecule has 0 atom stereocenters. The lowest BCUT2D eigenvalue weighted by atomic mass is 10.2. The number of aromatic nitrogens is 3. The summed E-state index contributed by atoms with van der Waals surface area (Å²) in [7, 11) is 0. The zero-order chi connectivity index (χ0) is 13.8. The van der Waals surface area contributed by atoms with E-state index in [1.165, 1.54) is 0 Å². The van der Waals surface area contributed by atoms with Crippen LogP contribution in [-0.2, 0) is 6.61 Å². The molecule has 5 nitrogen and oxygen atoms in total. The third-order valence-electron chi connectivity index (χ3n) is 2.63. The highest BCUT2D eigenvalue weighted by Gasteiger charge is 2.12. The highest BCUT2D eigenvalue weighted by atomic mass is 35.5. The number of nitrogens with zero attached hydrogens (tertiary/aromatic N) is 3. The molecule has 100 valence electrons. The van der Waals surface area contributed by atoms with Crippen molar-refractivity contribution in [2.75, 3.05) is 0 Å². The molecule has 0 saturated carbocycles. The van der Waals surface area contributed by atoms with E-state index in [0.29, 0.717) is 23.0 Å². The van der Waals surface area contributed by atoms with E-state index in [0.717, 1.165) is 5.56 Å². The standard InChI is InChI=1S/C14H10ClN3O2/c15-12-4-2-1-3-11(12)13-17-14(20-18-13)19-9-10-5-7-16-8-6-10/h1-8H,9H2. The predicted molar refractivity (Wildman–Crippen MR) is 73.3 cm³/mol. The maximum Gasteiger partial charge on any atom is 0.417 e. The first-order valence-electron chi connectivity index (χ1n) is 5.93. The van der Waals surface area contributed by atoms with E-state index in [9.17, 15) is 0 Å². The first kappa shape index (κ1) is 12.6. The summed E-state index contributed by atoms with van der Waals surface area (Å²) in [5.41, 5.74) is 1.68. The molecule has 0 saturated heterocycles. The lowest BCUT2D eigenvalue weighted by molar-refractivity contribution is 0.195. The van der Waals surface area contributed by atoms with Gasteiger partial charge in [0, 0.05) is 18.0 Å². The summed E-state index contributed by atoms with van der Waals surface area (Å²) in [4.78, 5) is 8.09. The van der Waals surface area contributed by atoms with Gasteiger partial charge in [-0.2, -0.15) is 4.98 Å². The average molecular weight is 288 g/mol. The second kappa shape index (κ2) is 5.71. The number of ether oxygens (including phenoxy) is 1. The van der Waals surface area contributed by atoms with Gasteiger partial charge < -0.3 is 4.74 Å². The molecular formula is C14H10ClN3O2. The molecule has 2 heterocycles. The van der Waals surface area contributed by atoms with Gasteiger partial charge in [0.2, 0.25) is 5.82 Å². The molecule has 3 aromatic rings. The molecule has 0 bridgehead atoms. The fraction of sp³-hybridized carbons (Fsp3) is 0.0714. The van der Waals surface area contributed by atoms with E-state index in [-0.39, 0.29) is 6.08 Å². The van der Waals surface area contributed by atoms with Crippen molar-refractivity contribution in [1.82, 2.24) is 15.1 Å².